The molecule has 1 unspecified atom stereocenters. The number of nitrogens with one attached hydrogen (secondary N) is 2. The SMILES string of the molecule is COCCNC(=O)C(C)Nc1ccnc2cc(Br)cnc12. The molecule has 2 rings (SSSR count). The van der Waals surface area contributed by atoms with Crippen LogP contribution in [0.5, 0.6) is 0 Å². The predicted molar refractivity (Wildman–Crippen MR) is 85.2 cm³/mol. The van der Waals surface area contributed by atoms with Crippen LogP contribution < -0.4 is 10.6 Å². The van der Waals surface area contributed by atoms with Crippen molar-refractivity contribution in [2.24, 2.45) is 0 Å². The zero-order chi connectivity index (χ0) is 15.2. The summed E-state index contributed by atoms with van der Waals surface area (Å²) in [4.78, 5) is 20.6. The molecule has 0 aliphatic carbocycles. The van der Waals surface area contributed by atoms with Gasteiger partial charge in [-0.25, -0.2) is 0 Å². The van der Waals surface area contributed by atoms with Crippen LogP contribution in [-0.4, -0.2) is 42.2 Å². The first-order valence-corrected chi connectivity index (χ1v) is 7.34. The van der Waals surface area contributed by atoms with Gasteiger partial charge in [0.1, 0.15) is 11.6 Å². The summed E-state index contributed by atoms with van der Waals surface area (Å²) in [6.45, 7) is 2.78. The lowest BCUT2D eigenvalue weighted by Gasteiger charge is -2.16. The summed E-state index contributed by atoms with van der Waals surface area (Å²) < 4.78 is 5.77. The summed E-state index contributed by atoms with van der Waals surface area (Å²) in [6.07, 6.45) is 3.40. The number of rotatable bonds is 6. The number of fused-ring (bicyclic) bond motifs is 1. The fourth-order valence-electron chi connectivity index (χ4n) is 1.85. The number of nitrogens with zero attached hydrogens (tertiary/aromatic N) is 2. The lowest BCUT2D eigenvalue weighted by atomic mass is 10.2. The number of carbonyl (C=O) groups is 1. The van der Waals surface area contributed by atoms with Gasteiger partial charge in [-0.05, 0) is 35.0 Å². The van der Waals surface area contributed by atoms with Crippen molar-refractivity contribution in [1.29, 1.82) is 0 Å². The Morgan fingerprint density at radius 3 is 3.05 bits per heavy atom. The van der Waals surface area contributed by atoms with Crippen LogP contribution in [0.4, 0.5) is 5.69 Å². The van der Waals surface area contributed by atoms with Crippen LogP contribution in [0.3, 0.4) is 0 Å². The van der Waals surface area contributed by atoms with E-state index in [1.165, 1.54) is 0 Å². The summed E-state index contributed by atoms with van der Waals surface area (Å²) in [5, 5.41) is 5.95. The third-order valence-electron chi connectivity index (χ3n) is 2.91. The Kier molecular flexibility index (Phi) is 5.46. The van der Waals surface area contributed by atoms with Gasteiger partial charge in [0.05, 0.1) is 17.8 Å². The van der Waals surface area contributed by atoms with Crippen molar-refractivity contribution < 1.29 is 9.53 Å². The maximum absolute atomic E-state index is 11.9. The zero-order valence-corrected chi connectivity index (χ0v) is 13.5. The largest absolute Gasteiger partial charge is 0.383 e. The number of amides is 1. The highest BCUT2D eigenvalue weighted by molar-refractivity contribution is 9.10. The number of hydrogen-bond acceptors (Lipinski definition) is 5. The fraction of sp³-hybridized carbons (Fsp3) is 0.357. The highest BCUT2D eigenvalue weighted by Gasteiger charge is 2.14. The molecule has 2 aromatic heterocycles. The molecule has 0 spiro atoms. The van der Waals surface area contributed by atoms with E-state index in [2.05, 4.69) is 36.5 Å². The summed E-state index contributed by atoms with van der Waals surface area (Å²) >= 11 is 3.37. The molecule has 0 saturated heterocycles. The number of hydrogen-bond donors (Lipinski definition) is 2. The first kappa shape index (κ1) is 15.7. The zero-order valence-electron chi connectivity index (χ0n) is 11.9. The molecule has 0 aromatic carbocycles. The minimum Gasteiger partial charge on any atom is -0.383 e. The van der Waals surface area contributed by atoms with Gasteiger partial charge in [0.25, 0.3) is 0 Å². The van der Waals surface area contributed by atoms with Gasteiger partial charge in [-0.15, -0.1) is 0 Å². The first-order valence-electron chi connectivity index (χ1n) is 6.55. The van der Waals surface area contributed by atoms with E-state index < -0.39 is 0 Å². The number of carbonyl (C=O) groups excluding carboxylic acids is 1. The van der Waals surface area contributed by atoms with Gasteiger partial charge in [0.15, 0.2) is 0 Å². The van der Waals surface area contributed by atoms with Gasteiger partial charge < -0.3 is 15.4 Å². The van der Waals surface area contributed by atoms with Crippen LogP contribution in [0.1, 0.15) is 6.92 Å². The maximum atomic E-state index is 11.9. The van der Waals surface area contributed by atoms with Gasteiger partial charge in [-0.2, -0.15) is 0 Å². The predicted octanol–water partition coefficient (Wildman–Crippen LogP) is 1.96. The van der Waals surface area contributed by atoms with E-state index >= 15 is 0 Å². The van der Waals surface area contributed by atoms with E-state index in [0.717, 1.165) is 21.2 Å². The number of pyridine rings is 2. The Hall–Kier alpha value is -1.73. The Morgan fingerprint density at radius 1 is 1.48 bits per heavy atom. The van der Waals surface area contributed by atoms with Crippen molar-refractivity contribution in [3.05, 3.63) is 29.0 Å². The summed E-state index contributed by atoms with van der Waals surface area (Å²) in [6, 6.07) is 3.32. The fourth-order valence-corrected chi connectivity index (χ4v) is 2.17. The van der Waals surface area contributed by atoms with Crippen molar-refractivity contribution >= 4 is 38.6 Å². The van der Waals surface area contributed by atoms with E-state index in [4.69, 9.17) is 4.74 Å². The third kappa shape index (κ3) is 4.12. The lowest BCUT2D eigenvalue weighted by Crippen LogP contribution is -2.39. The van der Waals surface area contributed by atoms with Crippen molar-refractivity contribution in [2.45, 2.75) is 13.0 Å². The normalized spacial score (nSPS) is 12.1. The quantitative estimate of drug-likeness (QED) is 0.777. The molecule has 7 heteroatoms. The van der Waals surface area contributed by atoms with Crippen molar-refractivity contribution in [2.75, 3.05) is 25.6 Å². The van der Waals surface area contributed by atoms with Crippen LogP contribution >= 0.6 is 15.9 Å². The topological polar surface area (TPSA) is 76.1 Å². The highest BCUT2D eigenvalue weighted by Crippen LogP contribution is 2.22. The minimum atomic E-state index is -0.377. The van der Waals surface area contributed by atoms with Crippen molar-refractivity contribution in [3.63, 3.8) is 0 Å². The van der Waals surface area contributed by atoms with E-state index in [1.54, 1.807) is 26.4 Å². The molecule has 0 bridgehead atoms. The Morgan fingerprint density at radius 2 is 2.29 bits per heavy atom. The summed E-state index contributed by atoms with van der Waals surface area (Å²) in [5.74, 6) is -0.0888. The second-order valence-corrected chi connectivity index (χ2v) is 5.45. The maximum Gasteiger partial charge on any atom is 0.242 e. The average molecular weight is 353 g/mol. The first-order chi connectivity index (χ1) is 10.1. The molecule has 21 heavy (non-hydrogen) atoms. The molecule has 0 saturated carbocycles. The van der Waals surface area contributed by atoms with Crippen molar-refractivity contribution in [3.8, 4) is 0 Å². The van der Waals surface area contributed by atoms with Crippen LogP contribution in [0.2, 0.25) is 0 Å². The summed E-state index contributed by atoms with van der Waals surface area (Å²) in [5.41, 5.74) is 2.28. The summed E-state index contributed by atoms with van der Waals surface area (Å²) in [7, 11) is 1.60. The molecule has 6 nitrogen and oxygen atoms in total. The van der Waals surface area contributed by atoms with Gasteiger partial charge in [-0.1, -0.05) is 0 Å². The van der Waals surface area contributed by atoms with E-state index in [9.17, 15) is 4.79 Å². The molecular weight excluding hydrogens is 336 g/mol. The molecule has 0 fully saturated rings. The third-order valence-corrected chi connectivity index (χ3v) is 3.35. The van der Waals surface area contributed by atoms with E-state index in [-0.39, 0.29) is 11.9 Å². The smallest absolute Gasteiger partial charge is 0.242 e. The minimum absolute atomic E-state index is 0.0888. The standard InChI is InChI=1S/C14H17BrN4O2/c1-9(14(20)17-5-6-21-2)19-11-3-4-16-12-7-10(15)8-18-13(11)12/h3-4,7-9H,5-6H2,1-2H3,(H,16,19)(H,17,20). The molecular formula is C14H17BrN4O2. The van der Waals surface area contributed by atoms with Crippen LogP contribution in [-0.2, 0) is 9.53 Å². The Labute approximate surface area is 131 Å². The second kappa shape index (κ2) is 7.33. The molecule has 2 heterocycles. The highest BCUT2D eigenvalue weighted by atomic mass is 79.9. The van der Waals surface area contributed by atoms with Gasteiger partial charge in [0, 0.05) is 30.5 Å². The van der Waals surface area contributed by atoms with Crippen molar-refractivity contribution in [1.82, 2.24) is 15.3 Å². The Bertz CT molecular complexity index is 635. The van der Waals surface area contributed by atoms with E-state index in [1.807, 2.05) is 12.1 Å². The number of halogens is 1. The molecule has 2 N–H and O–H groups in total. The Balaban J connectivity index is 2.10. The van der Waals surface area contributed by atoms with Gasteiger partial charge in [-0.3, -0.25) is 14.8 Å². The van der Waals surface area contributed by atoms with Crippen LogP contribution in [0.25, 0.3) is 11.0 Å². The molecule has 1 atom stereocenters. The monoisotopic (exact) mass is 352 g/mol. The second-order valence-electron chi connectivity index (χ2n) is 4.53. The molecule has 2 aromatic rings. The molecule has 0 aliphatic heterocycles. The molecule has 1 amide bonds. The lowest BCUT2D eigenvalue weighted by molar-refractivity contribution is -0.121. The van der Waals surface area contributed by atoms with Gasteiger partial charge >= 0.3 is 0 Å². The molecule has 112 valence electrons. The molecule has 0 aliphatic rings. The number of aromatic nitrogens is 2. The van der Waals surface area contributed by atoms with E-state index in [0.29, 0.717) is 13.2 Å². The number of methoxy groups -OCH3 is 1. The molecule has 0 radical (unpaired) electrons. The number of ether oxygens (including phenoxy) is 1. The van der Waals surface area contributed by atoms with Crippen LogP contribution in [0.15, 0.2) is 29.0 Å². The van der Waals surface area contributed by atoms with Crippen LogP contribution in [0, 0.1) is 0 Å². The van der Waals surface area contributed by atoms with Gasteiger partial charge in [0.2, 0.25) is 5.91 Å². The average Bonchev–Trinajstić information content (AvgIpc) is 2.47. The number of anilines is 1.